The number of carbonyl (C=O) groups excluding carboxylic acids is 1. The van der Waals surface area contributed by atoms with Crippen molar-refractivity contribution in [3.05, 3.63) is 82.7 Å². The molecule has 3 rings (SSSR count). The minimum Gasteiger partial charge on any atom is -0.459 e. The summed E-state index contributed by atoms with van der Waals surface area (Å²) in [6.45, 7) is 3.24. The van der Waals surface area contributed by atoms with Crippen LogP contribution in [0, 0.1) is 40.1 Å². The third kappa shape index (κ3) is 4.12. The third-order valence-electron chi connectivity index (χ3n) is 4.37. The van der Waals surface area contributed by atoms with Gasteiger partial charge in [0, 0.05) is 5.56 Å². The van der Waals surface area contributed by atoms with Gasteiger partial charge in [0.2, 0.25) is 11.6 Å². The van der Waals surface area contributed by atoms with Crippen LogP contribution in [0.5, 0.6) is 11.5 Å². The monoisotopic (exact) mass is 436 g/mol. The van der Waals surface area contributed by atoms with E-state index in [1.165, 1.54) is 30.3 Å². The number of nitrogens with zero attached hydrogens (tertiary/aromatic N) is 2. The first-order valence-corrected chi connectivity index (χ1v) is 9.38. The first-order valence-electron chi connectivity index (χ1n) is 9.38. The fourth-order valence-corrected chi connectivity index (χ4v) is 2.97. The predicted octanol–water partition coefficient (Wildman–Crippen LogP) is 5.87. The zero-order valence-corrected chi connectivity index (χ0v) is 16.9. The van der Waals surface area contributed by atoms with E-state index in [1.807, 2.05) is 0 Å². The second-order valence-electron chi connectivity index (χ2n) is 6.85. The van der Waals surface area contributed by atoms with Crippen LogP contribution >= 0.6 is 0 Å². The van der Waals surface area contributed by atoms with E-state index >= 15 is 0 Å². The Morgan fingerprint density at radius 3 is 2.06 bits per heavy atom. The van der Waals surface area contributed by atoms with Gasteiger partial charge in [0.15, 0.2) is 11.6 Å². The lowest BCUT2D eigenvalue weighted by Crippen LogP contribution is -2.13. The van der Waals surface area contributed by atoms with E-state index in [9.17, 15) is 18.0 Å². The zero-order chi connectivity index (χ0) is 23.4. The van der Waals surface area contributed by atoms with Gasteiger partial charge in [-0.25, -0.2) is 13.6 Å². The fraction of sp³-hybridized carbons (Fsp3) is 0.125. The number of halogens is 3. The van der Waals surface area contributed by atoms with Crippen molar-refractivity contribution in [2.45, 2.75) is 20.0 Å². The minimum absolute atomic E-state index is 0.165. The largest absolute Gasteiger partial charge is 0.459 e. The Balaban J connectivity index is 2.29. The average Bonchev–Trinajstić information content (AvgIpc) is 2.78. The van der Waals surface area contributed by atoms with Crippen LogP contribution in [0.15, 0.2) is 48.5 Å². The summed E-state index contributed by atoms with van der Waals surface area (Å²) in [7, 11) is 0. The molecule has 0 aliphatic carbocycles. The molecule has 5 nitrogen and oxygen atoms in total. The summed E-state index contributed by atoms with van der Waals surface area (Å²) < 4.78 is 54.6. The molecule has 3 aromatic carbocycles. The molecule has 32 heavy (non-hydrogen) atoms. The third-order valence-corrected chi connectivity index (χ3v) is 4.37. The van der Waals surface area contributed by atoms with Gasteiger partial charge < -0.3 is 9.47 Å². The van der Waals surface area contributed by atoms with Crippen molar-refractivity contribution in [3.63, 3.8) is 0 Å². The van der Waals surface area contributed by atoms with Gasteiger partial charge in [-0.15, -0.1) is 0 Å². The SMILES string of the molecule is CC(C)OC(=O)c1cccc(-c2ccccc2)c1Oc1c(F)c(F)c(C#N)c(C#N)c1F. The van der Waals surface area contributed by atoms with Crippen LogP contribution in [0.1, 0.15) is 35.3 Å². The summed E-state index contributed by atoms with van der Waals surface area (Å²) >= 11 is 0. The van der Waals surface area contributed by atoms with Crippen LogP contribution in [0.4, 0.5) is 13.2 Å². The van der Waals surface area contributed by atoms with Crippen molar-refractivity contribution < 1.29 is 27.4 Å². The van der Waals surface area contributed by atoms with Crippen molar-refractivity contribution in [1.29, 1.82) is 10.5 Å². The Kier molecular flexibility index (Phi) is 6.46. The maximum absolute atomic E-state index is 14.9. The topological polar surface area (TPSA) is 83.1 Å². The van der Waals surface area contributed by atoms with Gasteiger partial charge in [0.1, 0.15) is 34.6 Å². The maximum atomic E-state index is 14.9. The smallest absolute Gasteiger partial charge is 0.342 e. The van der Waals surface area contributed by atoms with Gasteiger partial charge in [-0.3, -0.25) is 0 Å². The number of para-hydroxylation sites is 1. The van der Waals surface area contributed by atoms with Crippen LogP contribution < -0.4 is 4.74 Å². The number of benzene rings is 3. The molecule has 160 valence electrons. The van der Waals surface area contributed by atoms with Gasteiger partial charge in [0.25, 0.3) is 0 Å². The standard InChI is InChI=1S/C24H15F3N2O3/c1-13(2)31-24(30)16-10-6-9-15(14-7-4-3-5-8-14)22(16)32-23-20(26)18(12-29)17(11-28)19(25)21(23)27/h3-10,13H,1-2H3. The van der Waals surface area contributed by atoms with E-state index < -0.39 is 46.4 Å². The van der Waals surface area contributed by atoms with Crippen molar-refractivity contribution in [3.8, 4) is 34.8 Å². The molecule has 0 saturated carbocycles. The summed E-state index contributed by atoms with van der Waals surface area (Å²) in [5.74, 6) is -7.47. The predicted molar refractivity (Wildman–Crippen MR) is 108 cm³/mol. The number of esters is 1. The number of hydrogen-bond donors (Lipinski definition) is 0. The second kappa shape index (κ2) is 9.23. The molecule has 0 aliphatic heterocycles. The van der Waals surface area contributed by atoms with E-state index in [0.29, 0.717) is 5.56 Å². The molecule has 0 radical (unpaired) electrons. The summed E-state index contributed by atoms with van der Waals surface area (Å²) in [5.41, 5.74) is -1.44. The highest BCUT2D eigenvalue weighted by molar-refractivity contribution is 5.96. The molecule has 8 heteroatoms. The van der Waals surface area contributed by atoms with E-state index in [4.69, 9.17) is 20.0 Å². The van der Waals surface area contributed by atoms with E-state index in [1.54, 1.807) is 44.2 Å². The van der Waals surface area contributed by atoms with Crippen LogP contribution in [0.25, 0.3) is 11.1 Å². The minimum atomic E-state index is -1.80. The lowest BCUT2D eigenvalue weighted by atomic mass is 10.0. The van der Waals surface area contributed by atoms with Crippen LogP contribution in [0.2, 0.25) is 0 Å². The number of hydrogen-bond acceptors (Lipinski definition) is 5. The molecule has 0 atom stereocenters. The molecule has 0 bridgehead atoms. The number of ether oxygens (including phenoxy) is 2. The maximum Gasteiger partial charge on any atom is 0.342 e. The lowest BCUT2D eigenvalue weighted by Gasteiger charge is -2.18. The summed E-state index contributed by atoms with van der Waals surface area (Å²) in [6.07, 6.45) is -0.498. The number of rotatable bonds is 5. The Labute approximate surface area is 181 Å². The highest BCUT2D eigenvalue weighted by Crippen LogP contribution is 2.40. The molecule has 0 saturated heterocycles. The van der Waals surface area contributed by atoms with Gasteiger partial charge in [-0.2, -0.15) is 14.9 Å². The molecule has 0 aliphatic rings. The molecular weight excluding hydrogens is 421 g/mol. The van der Waals surface area contributed by atoms with Crippen molar-refractivity contribution in [2.75, 3.05) is 0 Å². The Morgan fingerprint density at radius 1 is 0.844 bits per heavy atom. The normalized spacial score (nSPS) is 10.4. The number of nitriles is 2. The first kappa shape index (κ1) is 22.4. The van der Waals surface area contributed by atoms with Crippen molar-refractivity contribution >= 4 is 5.97 Å². The van der Waals surface area contributed by atoms with E-state index in [0.717, 1.165) is 0 Å². The Bertz CT molecular complexity index is 1280. The van der Waals surface area contributed by atoms with Gasteiger partial charge >= 0.3 is 5.97 Å². The zero-order valence-electron chi connectivity index (χ0n) is 16.9. The molecule has 0 fully saturated rings. The second-order valence-corrected chi connectivity index (χ2v) is 6.85. The molecule has 0 heterocycles. The Hall–Kier alpha value is -4.30. The van der Waals surface area contributed by atoms with Crippen LogP contribution in [0.3, 0.4) is 0 Å². The van der Waals surface area contributed by atoms with Crippen LogP contribution in [-0.2, 0) is 4.74 Å². The van der Waals surface area contributed by atoms with Crippen molar-refractivity contribution in [1.82, 2.24) is 0 Å². The quantitative estimate of drug-likeness (QED) is 0.369. The molecule has 0 N–H and O–H groups in total. The molecule has 3 aromatic rings. The Morgan fingerprint density at radius 2 is 1.47 bits per heavy atom. The molecule has 0 aromatic heterocycles. The highest BCUT2D eigenvalue weighted by Gasteiger charge is 2.29. The average molecular weight is 436 g/mol. The molecule has 0 amide bonds. The highest BCUT2D eigenvalue weighted by atomic mass is 19.2. The molecule has 0 unspecified atom stereocenters. The van der Waals surface area contributed by atoms with E-state index in [-0.39, 0.29) is 16.9 Å². The van der Waals surface area contributed by atoms with Gasteiger partial charge in [-0.1, -0.05) is 42.5 Å². The fourth-order valence-electron chi connectivity index (χ4n) is 2.97. The molecule has 0 spiro atoms. The molecular formula is C24H15F3N2O3. The first-order chi connectivity index (χ1) is 15.3. The van der Waals surface area contributed by atoms with E-state index in [2.05, 4.69) is 0 Å². The summed E-state index contributed by atoms with van der Waals surface area (Å²) in [5, 5.41) is 18.1. The lowest BCUT2D eigenvalue weighted by molar-refractivity contribution is 0.0375. The van der Waals surface area contributed by atoms with Crippen molar-refractivity contribution in [2.24, 2.45) is 0 Å². The number of carbonyl (C=O) groups is 1. The van der Waals surface area contributed by atoms with Gasteiger partial charge in [0.05, 0.1) is 6.10 Å². The summed E-state index contributed by atoms with van der Waals surface area (Å²) in [4.78, 5) is 12.7. The van der Waals surface area contributed by atoms with Crippen LogP contribution in [-0.4, -0.2) is 12.1 Å². The summed E-state index contributed by atoms with van der Waals surface area (Å²) in [6, 6.07) is 15.5. The van der Waals surface area contributed by atoms with Gasteiger partial charge in [-0.05, 0) is 25.5 Å².